The lowest BCUT2D eigenvalue weighted by Crippen LogP contribution is -2.31. The summed E-state index contributed by atoms with van der Waals surface area (Å²) in [4.78, 5) is 35.6. The molecule has 120 valence electrons. The van der Waals surface area contributed by atoms with Gasteiger partial charge in [-0.15, -0.1) is 0 Å². The van der Waals surface area contributed by atoms with E-state index in [4.69, 9.17) is 9.47 Å². The van der Waals surface area contributed by atoms with Gasteiger partial charge in [0.1, 0.15) is 5.70 Å². The van der Waals surface area contributed by atoms with Crippen LogP contribution in [0.5, 0.6) is 11.5 Å². The van der Waals surface area contributed by atoms with Crippen LogP contribution in [0, 0.1) is 10.1 Å². The predicted octanol–water partition coefficient (Wildman–Crippen LogP) is 1.63. The highest BCUT2D eigenvalue weighted by Gasteiger charge is 2.33. The molecule has 2 heterocycles. The molecule has 0 radical (unpaired) electrons. The highest BCUT2D eigenvalue weighted by molar-refractivity contribution is 6.14. The molecule has 2 aliphatic rings. The summed E-state index contributed by atoms with van der Waals surface area (Å²) < 4.78 is 10.3. The minimum absolute atomic E-state index is 0.00887. The van der Waals surface area contributed by atoms with E-state index in [-0.39, 0.29) is 36.0 Å². The SMILES string of the molecule is CCCN1C(=O)N/C(=C\c2cc3c(cc2[N+](=O)[O-])OCO3)C1=O. The Labute approximate surface area is 130 Å². The zero-order valence-corrected chi connectivity index (χ0v) is 12.2. The van der Waals surface area contributed by atoms with Crippen LogP contribution in [-0.2, 0) is 4.79 Å². The van der Waals surface area contributed by atoms with Gasteiger partial charge in [0.15, 0.2) is 11.5 Å². The van der Waals surface area contributed by atoms with Crippen molar-refractivity contribution < 1.29 is 24.0 Å². The Morgan fingerprint density at radius 1 is 1.35 bits per heavy atom. The Hall–Kier alpha value is -3.10. The van der Waals surface area contributed by atoms with E-state index in [1.165, 1.54) is 18.2 Å². The van der Waals surface area contributed by atoms with E-state index in [0.29, 0.717) is 12.2 Å². The number of imide groups is 1. The van der Waals surface area contributed by atoms with Gasteiger partial charge in [-0.1, -0.05) is 6.92 Å². The lowest BCUT2D eigenvalue weighted by Gasteiger charge is -2.08. The highest BCUT2D eigenvalue weighted by Crippen LogP contribution is 2.38. The van der Waals surface area contributed by atoms with E-state index >= 15 is 0 Å². The summed E-state index contributed by atoms with van der Waals surface area (Å²) in [6, 6.07) is 2.11. The van der Waals surface area contributed by atoms with E-state index in [9.17, 15) is 19.7 Å². The van der Waals surface area contributed by atoms with Crippen LogP contribution in [0.3, 0.4) is 0 Å². The van der Waals surface area contributed by atoms with Crippen molar-refractivity contribution in [2.75, 3.05) is 13.3 Å². The lowest BCUT2D eigenvalue weighted by atomic mass is 10.1. The third-order valence-corrected chi connectivity index (χ3v) is 3.43. The number of nitro groups is 1. The molecule has 9 nitrogen and oxygen atoms in total. The maximum Gasteiger partial charge on any atom is 0.329 e. The van der Waals surface area contributed by atoms with Crippen molar-refractivity contribution in [1.82, 2.24) is 10.2 Å². The van der Waals surface area contributed by atoms with Crippen molar-refractivity contribution in [1.29, 1.82) is 0 Å². The highest BCUT2D eigenvalue weighted by atomic mass is 16.7. The van der Waals surface area contributed by atoms with E-state index < -0.39 is 16.9 Å². The number of benzene rings is 1. The van der Waals surface area contributed by atoms with Crippen molar-refractivity contribution in [3.8, 4) is 11.5 Å². The summed E-state index contributed by atoms with van der Waals surface area (Å²) >= 11 is 0. The molecule has 0 atom stereocenters. The molecule has 1 N–H and O–H groups in total. The molecule has 0 saturated carbocycles. The molecule has 0 spiro atoms. The van der Waals surface area contributed by atoms with Gasteiger partial charge in [-0.2, -0.15) is 0 Å². The van der Waals surface area contributed by atoms with Crippen LogP contribution >= 0.6 is 0 Å². The normalized spacial score (nSPS) is 17.8. The number of urea groups is 1. The van der Waals surface area contributed by atoms with Gasteiger partial charge in [0.05, 0.1) is 16.6 Å². The van der Waals surface area contributed by atoms with Crippen molar-refractivity contribution in [2.24, 2.45) is 0 Å². The van der Waals surface area contributed by atoms with Gasteiger partial charge in [-0.25, -0.2) is 4.79 Å². The van der Waals surface area contributed by atoms with E-state index in [1.807, 2.05) is 6.92 Å². The summed E-state index contributed by atoms with van der Waals surface area (Å²) in [6.45, 7) is 2.10. The monoisotopic (exact) mass is 319 g/mol. The van der Waals surface area contributed by atoms with E-state index in [1.54, 1.807) is 0 Å². The largest absolute Gasteiger partial charge is 0.454 e. The van der Waals surface area contributed by atoms with Gasteiger partial charge in [-0.3, -0.25) is 19.8 Å². The van der Waals surface area contributed by atoms with Crippen LogP contribution in [0.1, 0.15) is 18.9 Å². The van der Waals surface area contributed by atoms with Gasteiger partial charge < -0.3 is 14.8 Å². The second kappa shape index (κ2) is 5.59. The lowest BCUT2D eigenvalue weighted by molar-refractivity contribution is -0.385. The van der Waals surface area contributed by atoms with Gasteiger partial charge in [0, 0.05) is 6.54 Å². The Balaban J connectivity index is 2.01. The first-order valence-electron chi connectivity index (χ1n) is 6.94. The molecule has 9 heteroatoms. The minimum Gasteiger partial charge on any atom is -0.454 e. The molecular weight excluding hydrogens is 306 g/mol. The van der Waals surface area contributed by atoms with Crippen molar-refractivity contribution in [3.63, 3.8) is 0 Å². The number of carbonyl (C=O) groups is 2. The molecule has 0 aliphatic carbocycles. The molecule has 1 aromatic carbocycles. The first-order valence-corrected chi connectivity index (χ1v) is 6.94. The standard InChI is InChI=1S/C14H13N3O6/c1-2-3-16-13(18)9(15-14(16)19)4-8-5-11-12(23-7-22-11)6-10(8)17(20)21/h4-6H,2-3,7H2,1H3,(H,15,19)/b9-4-. The summed E-state index contributed by atoms with van der Waals surface area (Å²) in [7, 11) is 0. The quantitative estimate of drug-likeness (QED) is 0.391. The number of nitrogens with zero attached hydrogens (tertiary/aromatic N) is 2. The first-order chi connectivity index (χ1) is 11.0. The van der Waals surface area contributed by atoms with Crippen LogP contribution in [0.2, 0.25) is 0 Å². The minimum atomic E-state index is -0.584. The summed E-state index contributed by atoms with van der Waals surface area (Å²) in [5.74, 6) is 0.113. The number of nitrogens with one attached hydrogen (secondary N) is 1. The fourth-order valence-electron chi connectivity index (χ4n) is 2.37. The van der Waals surface area contributed by atoms with Crippen LogP contribution in [0.25, 0.3) is 6.08 Å². The number of hydrogen-bond acceptors (Lipinski definition) is 6. The average molecular weight is 319 g/mol. The molecule has 3 amide bonds. The summed E-state index contributed by atoms with van der Waals surface area (Å²) in [5.41, 5.74) is -0.0931. The van der Waals surface area contributed by atoms with Gasteiger partial charge >= 0.3 is 6.03 Å². The number of fused-ring (bicyclic) bond motifs is 1. The molecule has 1 aromatic rings. The Morgan fingerprint density at radius 2 is 2.04 bits per heavy atom. The van der Waals surface area contributed by atoms with E-state index in [2.05, 4.69) is 5.32 Å². The average Bonchev–Trinajstić information content (AvgIpc) is 3.06. The smallest absolute Gasteiger partial charge is 0.329 e. The molecule has 1 fully saturated rings. The maximum atomic E-state index is 12.2. The predicted molar refractivity (Wildman–Crippen MR) is 77.7 cm³/mol. The van der Waals surface area contributed by atoms with Crippen molar-refractivity contribution in [2.45, 2.75) is 13.3 Å². The molecule has 3 rings (SSSR count). The second-order valence-corrected chi connectivity index (χ2v) is 4.97. The zero-order valence-electron chi connectivity index (χ0n) is 12.2. The second-order valence-electron chi connectivity index (χ2n) is 4.97. The third kappa shape index (κ3) is 2.56. The van der Waals surface area contributed by atoms with Gasteiger partial charge in [0.2, 0.25) is 6.79 Å². The van der Waals surface area contributed by atoms with Crippen LogP contribution in [0.4, 0.5) is 10.5 Å². The first kappa shape index (κ1) is 14.8. The van der Waals surface area contributed by atoms with Crippen LogP contribution < -0.4 is 14.8 Å². The number of amides is 3. The Bertz CT molecular complexity index is 742. The molecule has 2 aliphatic heterocycles. The molecule has 0 unspecified atom stereocenters. The molecule has 1 saturated heterocycles. The van der Waals surface area contributed by atoms with E-state index in [0.717, 1.165) is 4.90 Å². The molecule has 0 bridgehead atoms. The zero-order chi connectivity index (χ0) is 16.6. The van der Waals surface area contributed by atoms with Crippen molar-refractivity contribution >= 4 is 23.7 Å². The Kier molecular flexibility index (Phi) is 3.61. The molecular formula is C14H13N3O6. The van der Waals surface area contributed by atoms with Gasteiger partial charge in [-0.05, 0) is 18.6 Å². The summed E-state index contributed by atoms with van der Waals surface area (Å²) in [5, 5.41) is 13.6. The number of carbonyl (C=O) groups excluding carboxylic acids is 2. The number of nitro benzene ring substituents is 1. The third-order valence-electron chi connectivity index (χ3n) is 3.43. The molecule has 0 aromatic heterocycles. The summed E-state index contributed by atoms with van der Waals surface area (Å²) in [6.07, 6.45) is 1.90. The van der Waals surface area contributed by atoms with Crippen LogP contribution in [-0.4, -0.2) is 35.1 Å². The fourth-order valence-corrected chi connectivity index (χ4v) is 2.37. The molecule has 23 heavy (non-hydrogen) atoms. The van der Waals surface area contributed by atoms with Crippen LogP contribution in [0.15, 0.2) is 17.8 Å². The number of ether oxygens (including phenoxy) is 2. The number of hydrogen-bond donors (Lipinski definition) is 1. The number of rotatable bonds is 4. The maximum absolute atomic E-state index is 12.2. The fraction of sp³-hybridized carbons (Fsp3) is 0.286. The van der Waals surface area contributed by atoms with Crippen molar-refractivity contribution in [3.05, 3.63) is 33.5 Å². The van der Waals surface area contributed by atoms with Gasteiger partial charge in [0.25, 0.3) is 11.6 Å². The Morgan fingerprint density at radius 3 is 2.70 bits per heavy atom. The topological polar surface area (TPSA) is 111 Å².